The van der Waals surface area contributed by atoms with Gasteiger partial charge in [0.05, 0.1) is 19.2 Å². The number of carbonyl (C=O) groups excluding carboxylic acids is 2. The van der Waals surface area contributed by atoms with Gasteiger partial charge in [-0.25, -0.2) is 0 Å². The summed E-state index contributed by atoms with van der Waals surface area (Å²) >= 11 is 0. The first kappa shape index (κ1) is 19.4. The number of ether oxygens (including phenoxy) is 1. The molecule has 0 radical (unpaired) electrons. The molecule has 5 heteroatoms. The number of rotatable bonds is 10. The molecule has 0 aromatic carbocycles. The van der Waals surface area contributed by atoms with Crippen LogP contribution in [0.3, 0.4) is 0 Å². The average Bonchev–Trinajstić information content (AvgIpc) is 3.17. The Balaban J connectivity index is 1.77. The Labute approximate surface area is 150 Å². The summed E-state index contributed by atoms with van der Waals surface area (Å²) in [6.45, 7) is 2.39. The molecule has 25 heavy (non-hydrogen) atoms. The molecule has 0 amide bonds. The normalized spacial score (nSPS) is 23.8. The van der Waals surface area contributed by atoms with E-state index in [2.05, 4.69) is 22.9 Å². The molecule has 0 unspecified atom stereocenters. The third kappa shape index (κ3) is 6.15. The molecule has 0 saturated heterocycles. The SMILES string of the molecule is CCCCCC(=O)/C=C\C1=CC[C@@H]2C/C(=N\OCCC(=O)OC)C[C@@H]12. The maximum absolute atomic E-state index is 11.9. The summed E-state index contributed by atoms with van der Waals surface area (Å²) in [5.41, 5.74) is 2.31. The third-order valence-electron chi connectivity index (χ3n) is 4.91. The molecule has 0 heterocycles. The number of fused-ring (bicyclic) bond motifs is 1. The van der Waals surface area contributed by atoms with Gasteiger partial charge in [-0.15, -0.1) is 0 Å². The molecular weight excluding hydrogens is 318 g/mol. The van der Waals surface area contributed by atoms with E-state index in [9.17, 15) is 9.59 Å². The van der Waals surface area contributed by atoms with Crippen molar-refractivity contribution in [1.29, 1.82) is 0 Å². The zero-order chi connectivity index (χ0) is 18.1. The largest absolute Gasteiger partial charge is 0.469 e. The summed E-state index contributed by atoms with van der Waals surface area (Å²) in [7, 11) is 1.36. The number of oxime groups is 1. The van der Waals surface area contributed by atoms with E-state index >= 15 is 0 Å². The van der Waals surface area contributed by atoms with Crippen LogP contribution in [-0.2, 0) is 19.2 Å². The van der Waals surface area contributed by atoms with E-state index in [0.717, 1.165) is 44.2 Å². The minimum atomic E-state index is -0.289. The monoisotopic (exact) mass is 347 g/mol. The fourth-order valence-electron chi connectivity index (χ4n) is 3.48. The minimum absolute atomic E-state index is 0.216. The van der Waals surface area contributed by atoms with Crippen molar-refractivity contribution in [2.24, 2.45) is 17.0 Å². The van der Waals surface area contributed by atoms with E-state index in [1.807, 2.05) is 6.08 Å². The molecule has 2 rings (SSSR count). The number of ketones is 1. The lowest BCUT2D eigenvalue weighted by molar-refractivity contribution is -0.141. The van der Waals surface area contributed by atoms with Crippen molar-refractivity contribution in [3.8, 4) is 0 Å². The van der Waals surface area contributed by atoms with Crippen LogP contribution in [0.25, 0.3) is 0 Å². The van der Waals surface area contributed by atoms with Crippen LogP contribution in [0.15, 0.2) is 29.0 Å². The van der Waals surface area contributed by atoms with E-state index in [4.69, 9.17) is 4.84 Å². The highest BCUT2D eigenvalue weighted by molar-refractivity contribution is 5.90. The Morgan fingerprint density at radius 3 is 2.88 bits per heavy atom. The van der Waals surface area contributed by atoms with E-state index in [1.165, 1.54) is 12.7 Å². The first-order chi connectivity index (χ1) is 12.1. The van der Waals surface area contributed by atoms with Crippen LogP contribution in [0.1, 0.15) is 58.3 Å². The predicted molar refractivity (Wildman–Crippen MR) is 97.2 cm³/mol. The Morgan fingerprint density at radius 2 is 2.12 bits per heavy atom. The number of hydrogen-bond acceptors (Lipinski definition) is 5. The zero-order valence-corrected chi connectivity index (χ0v) is 15.3. The van der Waals surface area contributed by atoms with Crippen LogP contribution < -0.4 is 0 Å². The van der Waals surface area contributed by atoms with Gasteiger partial charge < -0.3 is 9.57 Å². The average molecular weight is 347 g/mol. The zero-order valence-electron chi connectivity index (χ0n) is 15.3. The lowest BCUT2D eigenvalue weighted by atomic mass is 9.94. The second-order valence-corrected chi connectivity index (χ2v) is 6.79. The molecule has 2 atom stereocenters. The van der Waals surface area contributed by atoms with Gasteiger partial charge in [0, 0.05) is 6.42 Å². The van der Waals surface area contributed by atoms with Crippen molar-refractivity contribution in [3.05, 3.63) is 23.8 Å². The molecule has 0 aliphatic heterocycles. The second-order valence-electron chi connectivity index (χ2n) is 6.79. The van der Waals surface area contributed by atoms with Gasteiger partial charge in [-0.1, -0.05) is 37.1 Å². The lowest BCUT2D eigenvalue weighted by Gasteiger charge is -2.09. The first-order valence-electron chi connectivity index (χ1n) is 9.29. The van der Waals surface area contributed by atoms with Crippen LogP contribution in [0.2, 0.25) is 0 Å². The van der Waals surface area contributed by atoms with Gasteiger partial charge in [0.1, 0.15) is 6.61 Å². The number of carbonyl (C=O) groups is 2. The van der Waals surface area contributed by atoms with Crippen molar-refractivity contribution in [3.63, 3.8) is 0 Å². The standard InChI is InChI=1S/C20H29NO4/c1-3-4-5-6-18(22)10-9-15-7-8-16-13-17(14-19(15)16)21-25-12-11-20(23)24-2/h7,9-10,16,19H,3-6,8,11-14H2,1-2H3/b10-9-,21-17+/t16-,19+/m1/s1. The van der Waals surface area contributed by atoms with Gasteiger partial charge in [0.15, 0.2) is 5.78 Å². The molecule has 2 aliphatic carbocycles. The molecule has 0 bridgehead atoms. The van der Waals surface area contributed by atoms with E-state index in [1.54, 1.807) is 6.08 Å². The van der Waals surface area contributed by atoms with Gasteiger partial charge in [0.2, 0.25) is 0 Å². The fraction of sp³-hybridized carbons (Fsp3) is 0.650. The molecule has 0 N–H and O–H groups in total. The van der Waals surface area contributed by atoms with Gasteiger partial charge in [0.25, 0.3) is 0 Å². The van der Waals surface area contributed by atoms with Crippen LogP contribution in [0.5, 0.6) is 0 Å². The van der Waals surface area contributed by atoms with Crippen LogP contribution in [-0.4, -0.2) is 31.2 Å². The summed E-state index contributed by atoms with van der Waals surface area (Å²) in [6.07, 6.45) is 12.9. The highest BCUT2D eigenvalue weighted by Crippen LogP contribution is 2.43. The number of hydrogen-bond donors (Lipinski definition) is 0. The molecule has 5 nitrogen and oxygen atoms in total. The second kappa shape index (κ2) is 10.2. The third-order valence-corrected chi connectivity index (χ3v) is 4.91. The van der Waals surface area contributed by atoms with Crippen LogP contribution >= 0.6 is 0 Å². The number of allylic oxidation sites excluding steroid dienone is 4. The van der Waals surface area contributed by atoms with Crippen molar-refractivity contribution >= 4 is 17.5 Å². The topological polar surface area (TPSA) is 65.0 Å². The molecule has 0 spiro atoms. The quantitative estimate of drug-likeness (QED) is 0.259. The van der Waals surface area contributed by atoms with Crippen molar-refractivity contribution in [2.75, 3.05) is 13.7 Å². The Kier molecular flexibility index (Phi) is 7.89. The maximum atomic E-state index is 11.9. The Hall–Kier alpha value is -1.91. The molecule has 138 valence electrons. The lowest BCUT2D eigenvalue weighted by Crippen LogP contribution is -2.05. The number of methoxy groups -OCH3 is 1. The maximum Gasteiger partial charge on any atom is 0.309 e. The molecule has 0 aromatic rings. The molecule has 1 fully saturated rings. The summed E-state index contributed by atoms with van der Waals surface area (Å²) in [6, 6.07) is 0. The van der Waals surface area contributed by atoms with E-state index < -0.39 is 0 Å². The molecule has 1 saturated carbocycles. The van der Waals surface area contributed by atoms with Crippen molar-refractivity contribution < 1.29 is 19.2 Å². The number of esters is 1. The highest BCUT2D eigenvalue weighted by atomic mass is 16.6. The van der Waals surface area contributed by atoms with Gasteiger partial charge in [-0.05, 0) is 49.2 Å². The van der Waals surface area contributed by atoms with Crippen LogP contribution in [0, 0.1) is 11.8 Å². The Bertz CT molecular complexity index is 562. The predicted octanol–water partition coefficient (Wildman–Crippen LogP) is 3.98. The summed E-state index contributed by atoms with van der Waals surface area (Å²) in [5, 5.41) is 4.18. The smallest absolute Gasteiger partial charge is 0.309 e. The van der Waals surface area contributed by atoms with E-state index in [-0.39, 0.29) is 24.8 Å². The van der Waals surface area contributed by atoms with Crippen LogP contribution in [0.4, 0.5) is 0 Å². The summed E-state index contributed by atoms with van der Waals surface area (Å²) in [5.74, 6) is 0.943. The van der Waals surface area contributed by atoms with Crippen molar-refractivity contribution in [1.82, 2.24) is 0 Å². The Morgan fingerprint density at radius 1 is 1.28 bits per heavy atom. The summed E-state index contributed by atoms with van der Waals surface area (Å²) in [4.78, 5) is 28.2. The molecule has 2 aliphatic rings. The minimum Gasteiger partial charge on any atom is -0.469 e. The first-order valence-corrected chi connectivity index (χ1v) is 9.29. The fourth-order valence-corrected chi connectivity index (χ4v) is 3.48. The number of nitrogens with zero attached hydrogens (tertiary/aromatic N) is 1. The summed E-state index contributed by atoms with van der Waals surface area (Å²) < 4.78 is 4.56. The highest BCUT2D eigenvalue weighted by Gasteiger charge is 2.36. The van der Waals surface area contributed by atoms with Crippen molar-refractivity contribution in [2.45, 2.75) is 58.3 Å². The van der Waals surface area contributed by atoms with Gasteiger partial charge in [-0.3, -0.25) is 9.59 Å². The molecule has 0 aromatic heterocycles. The molecular formula is C20H29NO4. The van der Waals surface area contributed by atoms with E-state index in [0.29, 0.717) is 18.3 Å². The van der Waals surface area contributed by atoms with Gasteiger partial charge in [-0.2, -0.15) is 0 Å². The van der Waals surface area contributed by atoms with Gasteiger partial charge >= 0.3 is 5.97 Å². The number of unbranched alkanes of at least 4 members (excludes halogenated alkanes) is 2.